The number of anilines is 1. The number of nitrogens with two attached hydrogens (primary N) is 1. The molecule has 3 rings (SSSR count). The van der Waals surface area contributed by atoms with E-state index in [4.69, 9.17) is 10.5 Å². The lowest BCUT2D eigenvalue weighted by atomic mass is 9.85. The first-order chi connectivity index (χ1) is 13.8. The van der Waals surface area contributed by atoms with Crippen molar-refractivity contribution in [3.05, 3.63) is 42.0 Å². The van der Waals surface area contributed by atoms with Gasteiger partial charge in [-0.1, -0.05) is 12.2 Å². The van der Waals surface area contributed by atoms with Gasteiger partial charge in [-0.2, -0.15) is 0 Å². The summed E-state index contributed by atoms with van der Waals surface area (Å²) < 4.78 is 4.98. The minimum atomic E-state index is -1.11. The van der Waals surface area contributed by atoms with Gasteiger partial charge in [-0.05, 0) is 44.0 Å². The minimum Gasteiger partial charge on any atom is -0.454 e. The number of likely N-dealkylation sites (tertiary alicyclic amines) is 1. The topological polar surface area (TPSA) is 136 Å². The Hall–Kier alpha value is -3.49. The number of carbonyl (C=O) groups is 5. The van der Waals surface area contributed by atoms with Gasteiger partial charge >= 0.3 is 5.97 Å². The maximum atomic E-state index is 12.5. The van der Waals surface area contributed by atoms with Gasteiger partial charge in [-0.3, -0.25) is 24.1 Å². The Bertz CT molecular complexity index is 866. The molecule has 0 spiro atoms. The first-order valence-electron chi connectivity index (χ1n) is 9.18. The average molecular weight is 399 g/mol. The third kappa shape index (κ3) is 4.18. The molecule has 1 aromatic rings. The van der Waals surface area contributed by atoms with Gasteiger partial charge in [0.25, 0.3) is 5.91 Å². The van der Waals surface area contributed by atoms with Crippen LogP contribution in [0.1, 0.15) is 30.1 Å². The summed E-state index contributed by atoms with van der Waals surface area (Å²) in [5, 5.41) is 2.51. The Morgan fingerprint density at radius 3 is 2.17 bits per heavy atom. The normalized spacial score (nSPS) is 21.5. The largest absolute Gasteiger partial charge is 0.454 e. The van der Waals surface area contributed by atoms with E-state index >= 15 is 0 Å². The van der Waals surface area contributed by atoms with Gasteiger partial charge in [0.05, 0.1) is 11.8 Å². The number of hydrogen-bond donors (Lipinski definition) is 2. The van der Waals surface area contributed by atoms with Crippen LogP contribution in [0.4, 0.5) is 5.69 Å². The molecule has 152 valence electrons. The van der Waals surface area contributed by atoms with E-state index in [0.717, 1.165) is 4.90 Å². The Morgan fingerprint density at radius 2 is 1.66 bits per heavy atom. The highest BCUT2D eigenvalue weighted by Crippen LogP contribution is 2.36. The van der Waals surface area contributed by atoms with E-state index in [0.29, 0.717) is 24.1 Å². The molecule has 1 fully saturated rings. The molecule has 0 radical (unpaired) electrons. The summed E-state index contributed by atoms with van der Waals surface area (Å²) in [7, 11) is 0. The fourth-order valence-electron chi connectivity index (χ4n) is 3.49. The van der Waals surface area contributed by atoms with Crippen molar-refractivity contribution in [2.24, 2.45) is 17.6 Å². The highest BCUT2D eigenvalue weighted by Gasteiger charge is 2.50. The molecule has 1 aliphatic carbocycles. The first kappa shape index (κ1) is 20.2. The Labute approximate surface area is 166 Å². The summed E-state index contributed by atoms with van der Waals surface area (Å²) in [5.74, 6) is -3.66. The van der Waals surface area contributed by atoms with Crippen LogP contribution in [0.25, 0.3) is 0 Å². The molecule has 29 heavy (non-hydrogen) atoms. The van der Waals surface area contributed by atoms with Crippen molar-refractivity contribution < 1.29 is 28.7 Å². The number of carbonyl (C=O) groups excluding carboxylic acids is 5. The number of primary amides is 1. The zero-order valence-electron chi connectivity index (χ0n) is 15.8. The van der Waals surface area contributed by atoms with Crippen LogP contribution in [0.3, 0.4) is 0 Å². The zero-order valence-corrected chi connectivity index (χ0v) is 15.8. The van der Waals surface area contributed by atoms with Crippen LogP contribution in [0.15, 0.2) is 36.4 Å². The highest BCUT2D eigenvalue weighted by molar-refractivity contribution is 6.08. The van der Waals surface area contributed by atoms with Crippen LogP contribution < -0.4 is 11.1 Å². The summed E-state index contributed by atoms with van der Waals surface area (Å²) in [4.78, 5) is 61.3. The lowest BCUT2D eigenvalue weighted by molar-refractivity contribution is -0.159. The molecule has 2 aliphatic rings. The van der Waals surface area contributed by atoms with Crippen LogP contribution in [0, 0.1) is 11.8 Å². The Morgan fingerprint density at radius 1 is 1.10 bits per heavy atom. The average Bonchev–Trinajstić information content (AvgIpc) is 2.96. The van der Waals surface area contributed by atoms with E-state index in [1.54, 1.807) is 0 Å². The summed E-state index contributed by atoms with van der Waals surface area (Å²) in [6.07, 6.45) is 4.67. The highest BCUT2D eigenvalue weighted by atomic mass is 16.5. The molecule has 0 bridgehead atoms. The third-order valence-electron chi connectivity index (χ3n) is 5.07. The smallest absolute Gasteiger partial charge is 0.329 e. The maximum absolute atomic E-state index is 12.5. The van der Waals surface area contributed by atoms with Crippen molar-refractivity contribution in [3.63, 3.8) is 0 Å². The maximum Gasteiger partial charge on any atom is 0.329 e. The first-order valence-corrected chi connectivity index (χ1v) is 9.18. The number of allylic oxidation sites excluding steroid dienone is 2. The predicted octanol–water partition coefficient (Wildman–Crippen LogP) is 0.607. The number of hydrogen-bond acceptors (Lipinski definition) is 6. The molecule has 9 nitrogen and oxygen atoms in total. The van der Waals surface area contributed by atoms with Crippen LogP contribution >= 0.6 is 0 Å². The fourth-order valence-corrected chi connectivity index (χ4v) is 3.49. The lowest BCUT2D eigenvalue weighted by Gasteiger charge is -2.21. The number of amides is 4. The number of rotatable bonds is 6. The molecule has 4 amide bonds. The summed E-state index contributed by atoms with van der Waals surface area (Å²) >= 11 is 0. The number of esters is 1. The van der Waals surface area contributed by atoms with Gasteiger partial charge in [0.2, 0.25) is 17.7 Å². The second-order valence-corrected chi connectivity index (χ2v) is 6.98. The SMILES string of the molecule is C[C@@H](C(=O)OCC(=O)Nc1ccc(C(N)=O)cc1)N1C(=O)[C@H]2CC=CC[C@@H]2C1=O. The van der Waals surface area contributed by atoms with E-state index in [-0.39, 0.29) is 11.8 Å². The van der Waals surface area contributed by atoms with Crippen molar-refractivity contribution >= 4 is 35.3 Å². The Balaban J connectivity index is 1.53. The monoisotopic (exact) mass is 399 g/mol. The van der Waals surface area contributed by atoms with E-state index in [2.05, 4.69) is 5.32 Å². The molecule has 0 unspecified atom stereocenters. The summed E-state index contributed by atoms with van der Waals surface area (Å²) in [5.41, 5.74) is 5.83. The molecule has 1 aliphatic heterocycles. The Kier molecular flexibility index (Phi) is 5.76. The number of fused-ring (bicyclic) bond motifs is 1. The van der Waals surface area contributed by atoms with Crippen LogP contribution in [-0.4, -0.2) is 47.1 Å². The molecular formula is C20H21N3O6. The molecule has 3 N–H and O–H groups in total. The molecule has 3 atom stereocenters. The van der Waals surface area contributed by atoms with E-state index < -0.39 is 42.3 Å². The summed E-state index contributed by atoms with van der Waals surface area (Å²) in [6, 6.07) is 4.76. The van der Waals surface area contributed by atoms with Gasteiger partial charge in [-0.15, -0.1) is 0 Å². The molecule has 1 heterocycles. The molecule has 0 saturated carbocycles. The number of imide groups is 1. The van der Waals surface area contributed by atoms with Crippen molar-refractivity contribution in [1.82, 2.24) is 4.90 Å². The molecular weight excluding hydrogens is 378 g/mol. The number of benzene rings is 1. The standard InChI is InChI=1S/C20H21N3O6/c1-11(23-18(26)14-4-2-3-5-15(14)19(23)27)20(28)29-10-16(24)22-13-8-6-12(7-9-13)17(21)25/h2-3,6-9,11,14-15H,4-5,10H2,1H3,(H2,21,25)(H,22,24)/t11-,14-,15-/m0/s1. The van der Waals surface area contributed by atoms with Crippen LogP contribution in [0.2, 0.25) is 0 Å². The minimum absolute atomic E-state index is 0.291. The van der Waals surface area contributed by atoms with Gasteiger partial charge in [-0.25, -0.2) is 4.79 Å². The van der Waals surface area contributed by atoms with Crippen LogP contribution in [0.5, 0.6) is 0 Å². The lowest BCUT2D eigenvalue weighted by Crippen LogP contribution is -2.45. The van der Waals surface area contributed by atoms with Crippen LogP contribution in [-0.2, 0) is 23.9 Å². The molecule has 9 heteroatoms. The molecule has 0 aromatic heterocycles. The second kappa shape index (κ2) is 8.26. The quantitative estimate of drug-likeness (QED) is 0.409. The summed E-state index contributed by atoms with van der Waals surface area (Å²) in [6.45, 7) is 0.828. The van der Waals surface area contributed by atoms with Crippen molar-refractivity contribution in [3.8, 4) is 0 Å². The van der Waals surface area contributed by atoms with Crippen molar-refractivity contribution in [1.29, 1.82) is 0 Å². The third-order valence-corrected chi connectivity index (χ3v) is 5.07. The van der Waals surface area contributed by atoms with E-state index in [1.165, 1.54) is 31.2 Å². The van der Waals surface area contributed by atoms with Gasteiger partial charge in [0.1, 0.15) is 6.04 Å². The van der Waals surface area contributed by atoms with Gasteiger partial charge in [0.15, 0.2) is 6.61 Å². The number of nitrogens with one attached hydrogen (secondary N) is 1. The predicted molar refractivity (Wildman–Crippen MR) is 101 cm³/mol. The molecule has 1 saturated heterocycles. The van der Waals surface area contributed by atoms with Crippen molar-refractivity contribution in [2.45, 2.75) is 25.8 Å². The zero-order chi connectivity index (χ0) is 21.1. The van der Waals surface area contributed by atoms with Crippen molar-refractivity contribution in [2.75, 3.05) is 11.9 Å². The fraction of sp³-hybridized carbons (Fsp3) is 0.350. The molecule has 1 aromatic carbocycles. The van der Waals surface area contributed by atoms with Gasteiger partial charge < -0.3 is 15.8 Å². The second-order valence-electron chi connectivity index (χ2n) is 6.98. The van der Waals surface area contributed by atoms with E-state index in [9.17, 15) is 24.0 Å². The number of ether oxygens (including phenoxy) is 1. The number of nitrogens with zero attached hydrogens (tertiary/aromatic N) is 1. The van der Waals surface area contributed by atoms with Gasteiger partial charge in [0, 0.05) is 11.3 Å². The van der Waals surface area contributed by atoms with E-state index in [1.807, 2.05) is 12.2 Å².